The molecule has 0 atom stereocenters. The van der Waals surface area contributed by atoms with Crippen molar-refractivity contribution in [2.24, 2.45) is 10.8 Å². The Morgan fingerprint density at radius 3 is 2.40 bits per heavy atom. The van der Waals surface area contributed by atoms with Gasteiger partial charge in [-0.05, 0) is 12.2 Å². The lowest BCUT2D eigenvalue weighted by molar-refractivity contribution is -0.0538. The highest BCUT2D eigenvalue weighted by molar-refractivity contribution is 7.80. The molecule has 0 fully saturated rings. The van der Waals surface area contributed by atoms with Crippen molar-refractivity contribution in [1.29, 1.82) is 0 Å². The molecule has 3 nitrogen and oxygen atoms in total. The minimum Gasteiger partial charge on any atom is -0.375 e. The summed E-state index contributed by atoms with van der Waals surface area (Å²) in [5.74, 6) is 0. The molecule has 7 heteroatoms. The number of halogens is 3. The van der Waals surface area contributed by atoms with Crippen LogP contribution < -0.4 is 11.2 Å². The molecule has 58 valence electrons. The van der Waals surface area contributed by atoms with Crippen LogP contribution in [0.5, 0.6) is 0 Å². The molecule has 0 aromatic heterocycles. The van der Waals surface area contributed by atoms with Crippen molar-refractivity contribution in [3.8, 4) is 0 Å². The number of nitrogens with two attached hydrogens (primary N) is 1. The third-order valence-electron chi connectivity index (χ3n) is 0.386. The Morgan fingerprint density at radius 2 is 2.10 bits per heavy atom. The molecule has 0 rings (SSSR count). The van der Waals surface area contributed by atoms with E-state index in [1.807, 2.05) is 0 Å². The summed E-state index contributed by atoms with van der Waals surface area (Å²) in [7, 11) is 0. The number of nitrogens with one attached hydrogen (secondary N) is 1. The quantitative estimate of drug-likeness (QED) is 0.340. The highest BCUT2D eigenvalue weighted by atomic mass is 32.1. The van der Waals surface area contributed by atoms with Gasteiger partial charge in [-0.25, -0.2) is 0 Å². The summed E-state index contributed by atoms with van der Waals surface area (Å²) in [5.41, 5.74) is 6.52. The van der Waals surface area contributed by atoms with Crippen molar-refractivity contribution in [2.45, 2.75) is 6.18 Å². The summed E-state index contributed by atoms with van der Waals surface area (Å²) in [6.07, 6.45) is -4.68. The van der Waals surface area contributed by atoms with E-state index in [1.165, 1.54) is 0 Å². The van der Waals surface area contributed by atoms with Gasteiger partial charge >= 0.3 is 6.18 Å². The molecule has 0 bridgehead atoms. The van der Waals surface area contributed by atoms with E-state index in [2.05, 4.69) is 17.3 Å². The Hall–Kier alpha value is -0.850. The lowest BCUT2D eigenvalue weighted by atomic mass is 10.7. The normalized spacial score (nSPS) is 11.9. The molecule has 0 aliphatic heterocycles. The van der Waals surface area contributed by atoms with Crippen LogP contribution in [0.1, 0.15) is 0 Å². The van der Waals surface area contributed by atoms with Gasteiger partial charge in [0.25, 0.3) is 0 Å². The number of hydrogen-bond donors (Lipinski definition) is 2. The van der Waals surface area contributed by atoms with Gasteiger partial charge in [0, 0.05) is 0 Å². The van der Waals surface area contributed by atoms with E-state index >= 15 is 0 Å². The minimum absolute atomic E-state index is 0.244. The molecule has 0 aromatic carbocycles. The minimum atomic E-state index is -4.43. The molecule has 0 heterocycles. The van der Waals surface area contributed by atoms with Gasteiger partial charge in [0.15, 0.2) is 5.11 Å². The van der Waals surface area contributed by atoms with Crippen LogP contribution in [0.25, 0.3) is 0 Å². The van der Waals surface area contributed by atoms with E-state index in [0.717, 1.165) is 0 Å². The predicted molar refractivity (Wildman–Crippen MR) is 34.5 cm³/mol. The summed E-state index contributed by atoms with van der Waals surface area (Å²) < 4.78 is 33.7. The van der Waals surface area contributed by atoms with Gasteiger partial charge in [0.2, 0.25) is 0 Å². The molecular weight excluding hydrogens is 167 g/mol. The summed E-state index contributed by atoms with van der Waals surface area (Å²) in [6.45, 7) is 0. The van der Waals surface area contributed by atoms with Crippen LogP contribution in [-0.2, 0) is 0 Å². The second kappa shape index (κ2) is 3.35. The molecule has 0 spiro atoms. The Balaban J connectivity index is 3.67. The summed E-state index contributed by atoms with van der Waals surface area (Å²) in [5, 5.41) is 2.37. The van der Waals surface area contributed by atoms with Crippen molar-refractivity contribution >= 4 is 23.5 Å². The summed E-state index contributed by atoms with van der Waals surface area (Å²) in [6, 6.07) is 0. The average Bonchev–Trinajstić information content (AvgIpc) is 1.59. The number of hydrazone groups is 1. The maximum atomic E-state index is 11.2. The molecule has 0 amide bonds. The van der Waals surface area contributed by atoms with E-state index in [4.69, 9.17) is 5.73 Å². The largest absolute Gasteiger partial charge is 0.428 e. The zero-order valence-electron chi connectivity index (χ0n) is 4.64. The molecule has 0 saturated carbocycles. The van der Waals surface area contributed by atoms with Crippen molar-refractivity contribution < 1.29 is 13.2 Å². The first-order valence-corrected chi connectivity index (χ1v) is 2.49. The first-order chi connectivity index (χ1) is 4.42. The molecule has 0 saturated heterocycles. The molecule has 0 aromatic rings. The van der Waals surface area contributed by atoms with Gasteiger partial charge < -0.3 is 5.73 Å². The van der Waals surface area contributed by atoms with Gasteiger partial charge in [-0.15, -0.1) is 0 Å². The Kier molecular flexibility index (Phi) is 3.07. The molecular formula is C3H4F3N3S. The van der Waals surface area contributed by atoms with E-state index in [-0.39, 0.29) is 11.3 Å². The van der Waals surface area contributed by atoms with Gasteiger partial charge in [0.1, 0.15) is 6.21 Å². The monoisotopic (exact) mass is 171 g/mol. The van der Waals surface area contributed by atoms with Crippen LogP contribution in [-0.4, -0.2) is 17.5 Å². The standard InChI is InChI=1S/C3H4F3N3S/c4-3(5,6)1-8-9-2(7)10/h1H,(H3,7,9,10)/b8-1+. The molecule has 0 aliphatic rings. The number of hydrogen-bond acceptors (Lipinski definition) is 2. The smallest absolute Gasteiger partial charge is 0.375 e. The number of rotatable bonds is 1. The van der Waals surface area contributed by atoms with Crippen LogP contribution >= 0.6 is 12.2 Å². The van der Waals surface area contributed by atoms with Crippen LogP contribution in [0.2, 0.25) is 0 Å². The van der Waals surface area contributed by atoms with Gasteiger partial charge in [-0.3, -0.25) is 5.43 Å². The molecule has 0 unspecified atom stereocenters. The Bertz CT molecular complexity index is 152. The maximum absolute atomic E-state index is 11.2. The fraction of sp³-hybridized carbons (Fsp3) is 0.333. The first kappa shape index (κ1) is 9.15. The van der Waals surface area contributed by atoms with Crippen LogP contribution in [0.3, 0.4) is 0 Å². The van der Waals surface area contributed by atoms with E-state index < -0.39 is 6.18 Å². The van der Waals surface area contributed by atoms with Crippen molar-refractivity contribution in [3.63, 3.8) is 0 Å². The fourth-order valence-electron chi connectivity index (χ4n) is 0.169. The Morgan fingerprint density at radius 1 is 1.60 bits per heavy atom. The fourth-order valence-corrected chi connectivity index (χ4v) is 0.222. The number of thiocarbonyl (C=S) groups is 1. The van der Waals surface area contributed by atoms with Crippen LogP contribution in [0.15, 0.2) is 5.10 Å². The zero-order valence-corrected chi connectivity index (χ0v) is 5.46. The SMILES string of the molecule is NC(=S)N/N=C/C(F)(F)F. The van der Waals surface area contributed by atoms with Crippen molar-refractivity contribution in [2.75, 3.05) is 0 Å². The lowest BCUT2D eigenvalue weighted by Gasteiger charge is -1.96. The maximum Gasteiger partial charge on any atom is 0.428 e. The lowest BCUT2D eigenvalue weighted by Crippen LogP contribution is -2.25. The highest BCUT2D eigenvalue weighted by Crippen LogP contribution is 2.09. The van der Waals surface area contributed by atoms with Crippen LogP contribution in [0, 0.1) is 0 Å². The third-order valence-corrected chi connectivity index (χ3v) is 0.477. The molecule has 10 heavy (non-hydrogen) atoms. The predicted octanol–water partition coefficient (Wildman–Crippen LogP) is 0.368. The number of nitrogens with zero attached hydrogens (tertiary/aromatic N) is 1. The zero-order chi connectivity index (χ0) is 8.20. The van der Waals surface area contributed by atoms with Crippen molar-refractivity contribution in [3.05, 3.63) is 0 Å². The molecule has 3 N–H and O–H groups in total. The van der Waals surface area contributed by atoms with Gasteiger partial charge in [-0.2, -0.15) is 18.3 Å². The molecule has 0 radical (unpaired) electrons. The van der Waals surface area contributed by atoms with Crippen molar-refractivity contribution in [1.82, 2.24) is 5.43 Å². The van der Waals surface area contributed by atoms with Gasteiger partial charge in [-0.1, -0.05) is 0 Å². The van der Waals surface area contributed by atoms with Gasteiger partial charge in [0.05, 0.1) is 0 Å². The summed E-state index contributed by atoms with van der Waals surface area (Å²) >= 11 is 4.17. The topological polar surface area (TPSA) is 50.4 Å². The average molecular weight is 171 g/mol. The Labute approximate surface area is 60.1 Å². The number of alkyl halides is 3. The highest BCUT2D eigenvalue weighted by Gasteiger charge is 2.23. The van der Waals surface area contributed by atoms with E-state index in [0.29, 0.717) is 0 Å². The van der Waals surface area contributed by atoms with E-state index in [1.54, 1.807) is 5.43 Å². The van der Waals surface area contributed by atoms with E-state index in [9.17, 15) is 13.2 Å². The second-order valence-corrected chi connectivity index (χ2v) is 1.72. The van der Waals surface area contributed by atoms with Crippen LogP contribution in [0.4, 0.5) is 13.2 Å². The first-order valence-electron chi connectivity index (χ1n) is 2.08. The summed E-state index contributed by atoms with van der Waals surface area (Å²) in [4.78, 5) is 0. The second-order valence-electron chi connectivity index (χ2n) is 1.28. The third kappa shape index (κ3) is 7.15. The molecule has 0 aliphatic carbocycles.